The van der Waals surface area contributed by atoms with E-state index in [1.165, 1.54) is 11.8 Å². The van der Waals surface area contributed by atoms with Crippen LogP contribution in [0.25, 0.3) is 0 Å². The van der Waals surface area contributed by atoms with Gasteiger partial charge in [-0.05, 0) is 19.4 Å². The Bertz CT molecular complexity index is 564. The number of amides is 1. The Balaban J connectivity index is 2.58. The highest BCUT2D eigenvalue weighted by molar-refractivity contribution is 7.99. The number of hydrogen-bond donors (Lipinski definition) is 0. The van der Waals surface area contributed by atoms with E-state index in [1.807, 2.05) is 31.2 Å². The lowest BCUT2D eigenvalue weighted by Gasteiger charge is -2.22. The van der Waals surface area contributed by atoms with E-state index in [4.69, 9.17) is 0 Å². The van der Waals surface area contributed by atoms with E-state index in [-0.39, 0.29) is 12.4 Å². The Morgan fingerprint density at radius 2 is 2.00 bits per heavy atom. The molecule has 8 heteroatoms. The van der Waals surface area contributed by atoms with Gasteiger partial charge in [-0.15, -0.1) is 11.8 Å². The minimum Gasteiger partial charge on any atom is -0.465 e. The Morgan fingerprint density at radius 1 is 1.29 bits per heavy atom. The summed E-state index contributed by atoms with van der Waals surface area (Å²) in [5.41, 5.74) is 2.06. The van der Waals surface area contributed by atoms with Gasteiger partial charge in [0.2, 0.25) is 5.91 Å². The monoisotopic (exact) mass is 363 g/mol. The molecule has 134 valence electrons. The predicted molar refractivity (Wildman–Crippen MR) is 86.6 cm³/mol. The van der Waals surface area contributed by atoms with Crippen molar-refractivity contribution >= 4 is 23.6 Å². The lowest BCUT2D eigenvalue weighted by molar-refractivity contribution is -0.166. The minimum absolute atomic E-state index is 0.0506. The predicted octanol–water partition coefficient (Wildman–Crippen LogP) is 3.18. The van der Waals surface area contributed by atoms with Crippen LogP contribution >= 0.6 is 11.8 Å². The van der Waals surface area contributed by atoms with Gasteiger partial charge in [-0.2, -0.15) is 13.2 Å². The molecule has 1 amide bonds. The number of esters is 1. The number of hydrogen-bond acceptors (Lipinski definition) is 4. The zero-order chi connectivity index (χ0) is 18.2. The molecule has 0 aliphatic carbocycles. The van der Waals surface area contributed by atoms with E-state index in [2.05, 4.69) is 4.74 Å². The summed E-state index contributed by atoms with van der Waals surface area (Å²) in [5, 5.41) is 0. The summed E-state index contributed by atoms with van der Waals surface area (Å²) in [6, 6.07) is 7.65. The molecule has 0 heterocycles. The second-order valence-electron chi connectivity index (χ2n) is 5.15. The third-order valence-corrected chi connectivity index (χ3v) is 3.91. The fourth-order valence-corrected chi connectivity index (χ4v) is 2.84. The van der Waals surface area contributed by atoms with Gasteiger partial charge >= 0.3 is 12.1 Å². The van der Waals surface area contributed by atoms with Gasteiger partial charge < -0.3 is 9.64 Å². The number of carbonyl (C=O) groups excluding carboxylic acids is 2. The smallest absolute Gasteiger partial charge is 0.406 e. The molecule has 1 rings (SSSR count). The Labute approximate surface area is 143 Å². The summed E-state index contributed by atoms with van der Waals surface area (Å²) in [5.74, 6) is -1.22. The molecule has 0 saturated carbocycles. The van der Waals surface area contributed by atoms with E-state index in [0.717, 1.165) is 11.1 Å². The van der Waals surface area contributed by atoms with Crippen LogP contribution in [0.2, 0.25) is 0 Å². The van der Waals surface area contributed by atoms with Gasteiger partial charge in [0.05, 0.1) is 12.4 Å². The van der Waals surface area contributed by atoms with Crippen molar-refractivity contribution < 1.29 is 27.5 Å². The summed E-state index contributed by atoms with van der Waals surface area (Å²) < 4.78 is 42.4. The molecule has 0 saturated heterocycles. The second-order valence-corrected chi connectivity index (χ2v) is 6.14. The van der Waals surface area contributed by atoms with Crippen LogP contribution in [0.5, 0.6) is 0 Å². The molecule has 24 heavy (non-hydrogen) atoms. The molecule has 0 aliphatic heterocycles. The fraction of sp³-hybridized carbons (Fsp3) is 0.500. The summed E-state index contributed by atoms with van der Waals surface area (Å²) in [6.07, 6.45) is -4.57. The van der Waals surface area contributed by atoms with E-state index in [0.29, 0.717) is 10.7 Å². The Hall–Kier alpha value is -1.70. The van der Waals surface area contributed by atoms with Gasteiger partial charge in [-0.3, -0.25) is 9.59 Å². The molecule has 0 bridgehead atoms. The number of rotatable bonds is 8. The van der Waals surface area contributed by atoms with Gasteiger partial charge in [-0.25, -0.2) is 0 Å². The van der Waals surface area contributed by atoms with E-state index >= 15 is 0 Å². The van der Waals surface area contributed by atoms with Crippen molar-refractivity contribution in [2.45, 2.75) is 25.8 Å². The maximum absolute atomic E-state index is 12.6. The van der Waals surface area contributed by atoms with Crippen molar-refractivity contribution in [1.82, 2.24) is 4.90 Å². The largest absolute Gasteiger partial charge is 0.465 e. The molecule has 0 N–H and O–H groups in total. The number of nitrogens with zero attached hydrogens (tertiary/aromatic N) is 1. The van der Waals surface area contributed by atoms with E-state index < -0.39 is 31.1 Å². The number of ether oxygens (including phenoxy) is 1. The van der Waals surface area contributed by atoms with Crippen molar-refractivity contribution in [3.05, 3.63) is 35.4 Å². The molecular formula is C16H20F3NO3S. The lowest BCUT2D eigenvalue weighted by atomic mass is 10.2. The standard InChI is InChI=1S/C16H20F3NO3S/c1-3-23-15(22)8-20(11-16(17,18)19)14(21)10-24-9-13-6-4-5-12(2)7-13/h4-7H,3,8-11H2,1-2H3. The highest BCUT2D eigenvalue weighted by Crippen LogP contribution is 2.19. The third-order valence-electron chi connectivity index (χ3n) is 2.92. The van der Waals surface area contributed by atoms with Crippen LogP contribution in [0.4, 0.5) is 13.2 Å². The summed E-state index contributed by atoms with van der Waals surface area (Å²) >= 11 is 1.21. The van der Waals surface area contributed by atoms with E-state index in [1.54, 1.807) is 6.92 Å². The van der Waals surface area contributed by atoms with Crippen molar-refractivity contribution in [3.8, 4) is 0 Å². The molecule has 1 aromatic carbocycles. The number of thioether (sulfide) groups is 1. The van der Waals surface area contributed by atoms with Crippen molar-refractivity contribution in [1.29, 1.82) is 0 Å². The molecule has 0 atom stereocenters. The number of alkyl halides is 3. The SMILES string of the molecule is CCOC(=O)CN(CC(F)(F)F)C(=O)CSCc1cccc(C)c1. The van der Waals surface area contributed by atoms with Gasteiger partial charge in [0, 0.05) is 5.75 Å². The first-order valence-electron chi connectivity index (χ1n) is 7.34. The van der Waals surface area contributed by atoms with Crippen LogP contribution < -0.4 is 0 Å². The average molecular weight is 363 g/mol. The fourth-order valence-electron chi connectivity index (χ4n) is 1.96. The highest BCUT2D eigenvalue weighted by atomic mass is 32.2. The zero-order valence-corrected chi connectivity index (χ0v) is 14.4. The lowest BCUT2D eigenvalue weighted by Crippen LogP contribution is -2.43. The Kier molecular flexibility index (Phi) is 8.10. The first-order valence-corrected chi connectivity index (χ1v) is 8.50. The maximum atomic E-state index is 12.6. The van der Waals surface area contributed by atoms with Crippen LogP contribution in [0.3, 0.4) is 0 Å². The topological polar surface area (TPSA) is 46.6 Å². The maximum Gasteiger partial charge on any atom is 0.406 e. The first kappa shape index (κ1) is 20.3. The molecule has 0 aliphatic rings. The van der Waals surface area contributed by atoms with Gasteiger partial charge in [0.1, 0.15) is 13.1 Å². The van der Waals surface area contributed by atoms with Crippen molar-refractivity contribution in [3.63, 3.8) is 0 Å². The van der Waals surface area contributed by atoms with Crippen LogP contribution in [0, 0.1) is 6.92 Å². The van der Waals surface area contributed by atoms with E-state index in [9.17, 15) is 22.8 Å². The minimum atomic E-state index is -4.57. The quantitative estimate of drug-likeness (QED) is 0.666. The molecule has 0 unspecified atom stereocenters. The van der Waals surface area contributed by atoms with Crippen LogP contribution in [0.15, 0.2) is 24.3 Å². The van der Waals surface area contributed by atoms with Crippen molar-refractivity contribution in [2.24, 2.45) is 0 Å². The normalized spacial score (nSPS) is 11.2. The average Bonchev–Trinajstić information content (AvgIpc) is 2.45. The summed E-state index contributed by atoms with van der Waals surface area (Å²) in [6.45, 7) is 1.37. The van der Waals surface area contributed by atoms with Gasteiger partial charge in [0.15, 0.2) is 0 Å². The molecule has 4 nitrogen and oxygen atoms in total. The van der Waals surface area contributed by atoms with Gasteiger partial charge in [0.25, 0.3) is 0 Å². The third kappa shape index (κ3) is 8.24. The number of aryl methyl sites for hydroxylation is 1. The summed E-state index contributed by atoms with van der Waals surface area (Å²) in [7, 11) is 0. The van der Waals surface area contributed by atoms with Gasteiger partial charge in [-0.1, -0.05) is 29.8 Å². The van der Waals surface area contributed by atoms with Crippen LogP contribution in [0.1, 0.15) is 18.1 Å². The molecule has 0 fully saturated rings. The van der Waals surface area contributed by atoms with Crippen molar-refractivity contribution in [2.75, 3.05) is 25.4 Å². The summed E-state index contributed by atoms with van der Waals surface area (Å²) in [4.78, 5) is 23.9. The molecule has 0 aromatic heterocycles. The molecule has 0 radical (unpaired) electrons. The number of halogens is 3. The second kappa shape index (κ2) is 9.56. The molecular weight excluding hydrogens is 343 g/mol. The van der Waals surface area contributed by atoms with Crippen LogP contribution in [-0.4, -0.2) is 48.4 Å². The van der Waals surface area contributed by atoms with Crippen LogP contribution in [-0.2, 0) is 20.1 Å². The molecule has 1 aromatic rings. The number of benzene rings is 1. The molecule has 0 spiro atoms. The highest BCUT2D eigenvalue weighted by Gasteiger charge is 2.34. The zero-order valence-electron chi connectivity index (χ0n) is 13.6. The number of carbonyl (C=O) groups is 2. The Morgan fingerprint density at radius 3 is 2.58 bits per heavy atom. The first-order chi connectivity index (χ1) is 11.2.